The number of amides is 4. The minimum absolute atomic E-state index is 0.0793. The third-order valence-electron chi connectivity index (χ3n) is 6.43. The van der Waals surface area contributed by atoms with E-state index in [1.54, 1.807) is 31.1 Å². The van der Waals surface area contributed by atoms with Gasteiger partial charge in [0.1, 0.15) is 11.6 Å². The minimum Gasteiger partial charge on any atom is -0.377 e. The van der Waals surface area contributed by atoms with Gasteiger partial charge in [-0.15, -0.1) is 0 Å². The number of nitrogens with one attached hydrogen (secondary N) is 2. The zero-order chi connectivity index (χ0) is 24.7. The standard InChI is InChI=1S/C24H30FN7O3/c1-14-13-35-9-8-32(14)22-18-11-31(24(34)30(2)3)12-20(18)28-21(29-22)17-7-6-16(10-19(17)25)27-23(33)26-15-4-5-15/h6-7,10,14-15H,4-5,8-9,11-13H2,1-3H3,(H2,26,27,33). The van der Waals surface area contributed by atoms with Gasteiger partial charge in [0, 0.05) is 37.9 Å². The van der Waals surface area contributed by atoms with E-state index in [9.17, 15) is 9.59 Å². The Morgan fingerprint density at radius 2 is 2.00 bits per heavy atom. The van der Waals surface area contributed by atoms with Crippen LogP contribution in [-0.2, 0) is 17.8 Å². The summed E-state index contributed by atoms with van der Waals surface area (Å²) in [5, 5.41) is 5.49. The van der Waals surface area contributed by atoms with Crippen LogP contribution >= 0.6 is 0 Å². The maximum absolute atomic E-state index is 15.2. The second-order valence-electron chi connectivity index (χ2n) is 9.51. The second kappa shape index (κ2) is 9.29. The Labute approximate surface area is 203 Å². The molecule has 1 unspecified atom stereocenters. The lowest BCUT2D eigenvalue weighted by Crippen LogP contribution is -2.44. The topological polar surface area (TPSA) is 103 Å². The zero-order valence-corrected chi connectivity index (χ0v) is 20.2. The van der Waals surface area contributed by atoms with Crippen LogP contribution in [0.3, 0.4) is 0 Å². The molecule has 186 valence electrons. The van der Waals surface area contributed by atoms with Crippen LogP contribution in [0, 0.1) is 5.82 Å². The first-order chi connectivity index (χ1) is 16.8. The fourth-order valence-electron chi connectivity index (χ4n) is 4.41. The monoisotopic (exact) mass is 483 g/mol. The smallest absolute Gasteiger partial charge is 0.320 e. The number of morpholine rings is 1. The largest absolute Gasteiger partial charge is 0.377 e. The highest BCUT2D eigenvalue weighted by molar-refractivity contribution is 5.90. The molecule has 10 nitrogen and oxygen atoms in total. The summed E-state index contributed by atoms with van der Waals surface area (Å²) in [6.07, 6.45) is 1.94. The molecule has 11 heteroatoms. The van der Waals surface area contributed by atoms with Gasteiger partial charge in [-0.3, -0.25) is 0 Å². The normalized spacial score (nSPS) is 19.4. The molecule has 3 aliphatic rings. The highest BCUT2D eigenvalue weighted by Crippen LogP contribution is 2.34. The number of rotatable bonds is 4. The van der Waals surface area contributed by atoms with Crippen LogP contribution < -0.4 is 15.5 Å². The number of ether oxygens (including phenoxy) is 1. The molecule has 1 saturated heterocycles. The molecule has 1 saturated carbocycles. The van der Waals surface area contributed by atoms with Gasteiger partial charge in [-0.1, -0.05) is 0 Å². The summed E-state index contributed by atoms with van der Waals surface area (Å²) < 4.78 is 20.8. The maximum Gasteiger partial charge on any atom is 0.320 e. The summed E-state index contributed by atoms with van der Waals surface area (Å²) >= 11 is 0. The minimum atomic E-state index is -0.533. The van der Waals surface area contributed by atoms with Crippen molar-refractivity contribution >= 4 is 23.6 Å². The van der Waals surface area contributed by atoms with Gasteiger partial charge in [0.05, 0.1) is 43.6 Å². The fraction of sp³-hybridized carbons (Fsp3) is 0.500. The predicted octanol–water partition coefficient (Wildman–Crippen LogP) is 2.79. The zero-order valence-electron chi connectivity index (χ0n) is 20.2. The molecule has 0 spiro atoms. The number of carbonyl (C=O) groups is 2. The van der Waals surface area contributed by atoms with Crippen LogP contribution in [0.5, 0.6) is 0 Å². The van der Waals surface area contributed by atoms with E-state index in [1.807, 2.05) is 0 Å². The Hall–Kier alpha value is -3.47. The van der Waals surface area contributed by atoms with Crippen LogP contribution in [-0.4, -0.2) is 77.8 Å². The third-order valence-corrected chi connectivity index (χ3v) is 6.43. The first-order valence-electron chi connectivity index (χ1n) is 11.9. The number of hydrogen-bond donors (Lipinski definition) is 2. The molecule has 1 aromatic heterocycles. The summed E-state index contributed by atoms with van der Waals surface area (Å²) in [6.45, 7) is 4.55. The lowest BCUT2D eigenvalue weighted by molar-refractivity contribution is 0.0984. The quantitative estimate of drug-likeness (QED) is 0.693. The molecule has 0 radical (unpaired) electrons. The van der Waals surface area contributed by atoms with Crippen LogP contribution in [0.25, 0.3) is 11.4 Å². The number of anilines is 2. The average molecular weight is 484 g/mol. The first kappa shape index (κ1) is 23.3. The molecular weight excluding hydrogens is 453 g/mol. The van der Waals surface area contributed by atoms with Crippen LogP contribution in [0.1, 0.15) is 31.0 Å². The molecule has 4 amide bonds. The van der Waals surface area contributed by atoms with Crippen molar-refractivity contribution in [1.29, 1.82) is 0 Å². The van der Waals surface area contributed by atoms with Gasteiger partial charge in [-0.2, -0.15) is 0 Å². The highest BCUT2D eigenvalue weighted by atomic mass is 19.1. The van der Waals surface area contributed by atoms with E-state index in [1.165, 1.54) is 11.0 Å². The van der Waals surface area contributed by atoms with E-state index in [4.69, 9.17) is 9.72 Å². The molecule has 2 fully saturated rings. The van der Waals surface area contributed by atoms with E-state index < -0.39 is 5.82 Å². The van der Waals surface area contributed by atoms with E-state index >= 15 is 4.39 Å². The van der Waals surface area contributed by atoms with Crippen molar-refractivity contribution in [2.45, 2.75) is 44.9 Å². The van der Waals surface area contributed by atoms with Crippen molar-refractivity contribution in [2.24, 2.45) is 0 Å². The Kier molecular flexibility index (Phi) is 6.18. The molecule has 35 heavy (non-hydrogen) atoms. The van der Waals surface area contributed by atoms with Gasteiger partial charge >= 0.3 is 12.1 Å². The molecule has 2 aromatic rings. The molecule has 0 bridgehead atoms. The van der Waals surface area contributed by atoms with Crippen LogP contribution in [0.4, 0.5) is 25.5 Å². The molecule has 3 heterocycles. The number of halogens is 1. The molecule has 5 rings (SSSR count). The molecular formula is C24H30FN7O3. The van der Waals surface area contributed by atoms with Crippen molar-refractivity contribution in [1.82, 2.24) is 25.1 Å². The Morgan fingerprint density at radius 3 is 2.69 bits per heavy atom. The fourth-order valence-corrected chi connectivity index (χ4v) is 4.41. The number of urea groups is 2. The lowest BCUT2D eigenvalue weighted by Gasteiger charge is -2.35. The molecule has 1 aliphatic carbocycles. The number of hydrogen-bond acceptors (Lipinski definition) is 6. The Balaban J connectivity index is 1.47. The molecule has 2 aliphatic heterocycles. The Morgan fingerprint density at radius 1 is 1.20 bits per heavy atom. The third kappa shape index (κ3) is 4.86. The number of aromatic nitrogens is 2. The van der Waals surface area contributed by atoms with E-state index in [0.29, 0.717) is 50.0 Å². The van der Waals surface area contributed by atoms with Gasteiger partial charge in [0.25, 0.3) is 0 Å². The van der Waals surface area contributed by atoms with Gasteiger partial charge in [0.2, 0.25) is 0 Å². The highest BCUT2D eigenvalue weighted by Gasteiger charge is 2.33. The van der Waals surface area contributed by atoms with E-state index in [-0.39, 0.29) is 35.5 Å². The van der Waals surface area contributed by atoms with Crippen molar-refractivity contribution in [3.05, 3.63) is 35.3 Å². The number of benzene rings is 1. The summed E-state index contributed by atoms with van der Waals surface area (Å²) in [5.74, 6) is 0.428. The first-order valence-corrected chi connectivity index (χ1v) is 11.9. The number of carbonyl (C=O) groups excluding carboxylic acids is 2. The van der Waals surface area contributed by atoms with Crippen molar-refractivity contribution in [2.75, 3.05) is 44.1 Å². The van der Waals surface area contributed by atoms with Crippen LogP contribution in [0.2, 0.25) is 0 Å². The summed E-state index contributed by atoms with van der Waals surface area (Å²) in [6, 6.07) is 4.32. The predicted molar refractivity (Wildman–Crippen MR) is 129 cm³/mol. The average Bonchev–Trinajstić information content (AvgIpc) is 3.52. The summed E-state index contributed by atoms with van der Waals surface area (Å²) in [5.41, 5.74) is 2.19. The van der Waals surface area contributed by atoms with E-state index in [0.717, 1.165) is 18.4 Å². The van der Waals surface area contributed by atoms with Gasteiger partial charge < -0.3 is 30.1 Å². The molecule has 1 atom stereocenters. The summed E-state index contributed by atoms with van der Waals surface area (Å²) in [7, 11) is 3.42. The maximum atomic E-state index is 15.2. The SMILES string of the molecule is CC1COCCN1c1nc(-c2ccc(NC(=O)NC3CC3)cc2F)nc2c1CN(C(=O)N(C)C)C2. The summed E-state index contributed by atoms with van der Waals surface area (Å²) in [4.78, 5) is 39.5. The van der Waals surface area contributed by atoms with Gasteiger partial charge in [-0.25, -0.2) is 23.9 Å². The second-order valence-corrected chi connectivity index (χ2v) is 9.51. The van der Waals surface area contributed by atoms with Gasteiger partial charge in [0.15, 0.2) is 5.82 Å². The number of fused-ring (bicyclic) bond motifs is 1. The lowest BCUT2D eigenvalue weighted by atomic mass is 10.1. The van der Waals surface area contributed by atoms with Crippen LogP contribution in [0.15, 0.2) is 18.2 Å². The molecule has 1 aromatic carbocycles. The van der Waals surface area contributed by atoms with Gasteiger partial charge in [-0.05, 0) is 38.0 Å². The Bertz CT molecular complexity index is 1150. The van der Waals surface area contributed by atoms with Crippen molar-refractivity contribution < 1.29 is 18.7 Å². The van der Waals surface area contributed by atoms with E-state index in [2.05, 4.69) is 27.4 Å². The number of nitrogens with zero attached hydrogens (tertiary/aromatic N) is 5. The van der Waals surface area contributed by atoms with Crippen molar-refractivity contribution in [3.63, 3.8) is 0 Å². The van der Waals surface area contributed by atoms with Crippen molar-refractivity contribution in [3.8, 4) is 11.4 Å². The molecule has 2 N–H and O–H groups in total.